The first-order valence-corrected chi connectivity index (χ1v) is 13.2. The van der Waals surface area contributed by atoms with Crippen LogP contribution in [0.5, 0.6) is 0 Å². The van der Waals surface area contributed by atoms with Gasteiger partial charge in [-0.05, 0) is 29.7 Å². The van der Waals surface area contributed by atoms with Gasteiger partial charge < -0.3 is 20.6 Å². The van der Waals surface area contributed by atoms with Crippen molar-refractivity contribution in [3.05, 3.63) is 45.8 Å². The maximum absolute atomic E-state index is 13.5. The van der Waals surface area contributed by atoms with E-state index in [4.69, 9.17) is 5.26 Å². The van der Waals surface area contributed by atoms with E-state index in [2.05, 4.69) is 10.6 Å². The molecule has 2 heterocycles. The van der Waals surface area contributed by atoms with Gasteiger partial charge in [-0.15, -0.1) is 11.3 Å². The summed E-state index contributed by atoms with van der Waals surface area (Å²) < 4.78 is 63.8. The molecule has 0 radical (unpaired) electrons. The molecule has 0 aliphatic carbocycles. The van der Waals surface area contributed by atoms with Crippen LogP contribution in [0.4, 0.5) is 23.9 Å². The highest BCUT2D eigenvalue weighted by Crippen LogP contribution is 2.38. The lowest BCUT2D eigenvalue weighted by Gasteiger charge is -2.27. The van der Waals surface area contributed by atoms with Gasteiger partial charge >= 0.3 is 6.18 Å². The van der Waals surface area contributed by atoms with Crippen molar-refractivity contribution in [2.75, 3.05) is 35.2 Å². The fraction of sp³-hybridized carbons (Fsp3) is 0.455. The number of anilines is 2. The van der Waals surface area contributed by atoms with Gasteiger partial charge in [0.1, 0.15) is 5.00 Å². The minimum atomic E-state index is -4.77. The molecule has 3 rings (SSSR count). The minimum absolute atomic E-state index is 0.0301. The fourth-order valence-corrected chi connectivity index (χ4v) is 5.73. The number of carbonyl (C=O) groups is 1. The smallest absolute Gasteiger partial charge is 0.357 e. The van der Waals surface area contributed by atoms with Crippen LogP contribution in [-0.4, -0.2) is 55.3 Å². The summed E-state index contributed by atoms with van der Waals surface area (Å²) in [5, 5.41) is 24.7. The summed E-state index contributed by atoms with van der Waals surface area (Å²) >= 11 is 1.17. The number of thiophene rings is 1. The topological polar surface area (TPSA) is 123 Å². The molecule has 13 heteroatoms. The summed E-state index contributed by atoms with van der Waals surface area (Å²) in [4.78, 5) is 15.4. The molecule has 0 spiro atoms. The molecule has 1 unspecified atom stereocenters. The molecule has 0 bridgehead atoms. The molecule has 1 atom stereocenters. The van der Waals surface area contributed by atoms with Gasteiger partial charge in [-0.1, -0.05) is 20.8 Å². The highest BCUT2D eigenvalue weighted by molar-refractivity contribution is 7.91. The lowest BCUT2D eigenvalue weighted by atomic mass is 9.94. The minimum Gasteiger partial charge on any atom is -0.357 e. The van der Waals surface area contributed by atoms with Crippen LogP contribution in [0.25, 0.3) is 0 Å². The molecule has 1 fully saturated rings. The first-order chi connectivity index (χ1) is 16.1. The van der Waals surface area contributed by atoms with Crippen LogP contribution in [0.2, 0.25) is 0 Å². The van der Waals surface area contributed by atoms with Gasteiger partial charge in [-0.2, -0.15) is 18.4 Å². The lowest BCUT2D eigenvalue weighted by Crippen LogP contribution is -2.44. The number of hydrogen-bond acceptors (Lipinski definition) is 8. The molecule has 1 aromatic carbocycles. The normalized spacial score (nSPS) is 16.9. The molecule has 1 amide bonds. The zero-order valence-corrected chi connectivity index (χ0v) is 20.9. The van der Waals surface area contributed by atoms with Gasteiger partial charge in [0, 0.05) is 23.7 Å². The summed E-state index contributed by atoms with van der Waals surface area (Å²) in [6.45, 7) is 5.83. The molecule has 1 aliphatic rings. The fourth-order valence-electron chi connectivity index (χ4n) is 3.39. The van der Waals surface area contributed by atoms with Crippen LogP contribution in [0.15, 0.2) is 24.3 Å². The van der Waals surface area contributed by atoms with Crippen molar-refractivity contribution in [1.29, 1.82) is 5.26 Å². The van der Waals surface area contributed by atoms with Crippen molar-refractivity contribution in [2.24, 2.45) is 0 Å². The molecule has 2 aromatic rings. The van der Waals surface area contributed by atoms with Crippen molar-refractivity contribution >= 4 is 37.8 Å². The van der Waals surface area contributed by atoms with Crippen LogP contribution in [0, 0.1) is 11.3 Å². The molecule has 1 saturated heterocycles. The van der Waals surface area contributed by atoms with Gasteiger partial charge in [-0.25, -0.2) is 8.42 Å². The molecular weight excluding hydrogens is 505 g/mol. The van der Waals surface area contributed by atoms with Gasteiger partial charge in [0.2, 0.25) is 6.35 Å². The Morgan fingerprint density at radius 1 is 1.17 bits per heavy atom. The predicted octanol–water partition coefficient (Wildman–Crippen LogP) is 3.61. The second-order valence-electron chi connectivity index (χ2n) is 9.11. The van der Waals surface area contributed by atoms with Gasteiger partial charge in [0.25, 0.3) is 5.91 Å². The maximum Gasteiger partial charge on any atom is 0.418 e. The Kier molecular flexibility index (Phi) is 7.40. The second-order valence-corrected chi connectivity index (χ2v) is 12.5. The van der Waals surface area contributed by atoms with Crippen molar-refractivity contribution < 1.29 is 31.5 Å². The van der Waals surface area contributed by atoms with E-state index in [9.17, 15) is 31.5 Å². The van der Waals surface area contributed by atoms with E-state index in [0.717, 1.165) is 10.9 Å². The Bertz CT molecular complexity index is 1250. The number of amides is 1. The molecular formula is C22H25F3N4O4S2. The Morgan fingerprint density at radius 2 is 1.80 bits per heavy atom. The highest BCUT2D eigenvalue weighted by atomic mass is 32.2. The number of halogens is 3. The zero-order chi connectivity index (χ0) is 26.2. The number of alkyl halides is 3. The summed E-state index contributed by atoms with van der Waals surface area (Å²) in [6.07, 6.45) is -6.48. The number of rotatable bonds is 5. The Labute approximate surface area is 205 Å². The monoisotopic (exact) mass is 530 g/mol. The molecule has 0 saturated carbocycles. The van der Waals surface area contributed by atoms with Crippen LogP contribution in [0.1, 0.15) is 47.1 Å². The molecule has 8 nitrogen and oxygen atoms in total. The summed E-state index contributed by atoms with van der Waals surface area (Å²) in [6, 6.07) is 6.20. The van der Waals surface area contributed by atoms with Crippen LogP contribution in [-0.2, 0) is 21.4 Å². The van der Waals surface area contributed by atoms with Crippen molar-refractivity contribution in [1.82, 2.24) is 4.90 Å². The van der Waals surface area contributed by atoms with E-state index >= 15 is 0 Å². The summed E-state index contributed by atoms with van der Waals surface area (Å²) in [5.41, 5.74) is -1.92. The summed E-state index contributed by atoms with van der Waals surface area (Å²) in [7, 11) is -3.20. The quantitative estimate of drug-likeness (QED) is 0.505. The Balaban J connectivity index is 1.88. The molecule has 35 heavy (non-hydrogen) atoms. The van der Waals surface area contributed by atoms with Gasteiger partial charge in [0.15, 0.2) is 9.84 Å². The highest BCUT2D eigenvalue weighted by Gasteiger charge is 2.35. The van der Waals surface area contributed by atoms with Gasteiger partial charge in [-0.3, -0.25) is 4.79 Å². The van der Waals surface area contributed by atoms with E-state index in [1.54, 1.807) is 12.1 Å². The van der Waals surface area contributed by atoms with Gasteiger partial charge in [0.05, 0.1) is 34.3 Å². The number of sulfone groups is 1. The molecule has 190 valence electrons. The van der Waals surface area contributed by atoms with Crippen molar-refractivity contribution in [3.63, 3.8) is 0 Å². The van der Waals surface area contributed by atoms with E-state index in [1.807, 2.05) is 20.8 Å². The first kappa shape index (κ1) is 26.8. The largest absolute Gasteiger partial charge is 0.418 e. The SMILES string of the molecule is CC(C)(C)c1cc(C(=O)N2CCS(=O)(=O)CC2)c(NC(O)Nc2ccc(C#N)cc2C(F)(F)F)s1. The first-order valence-electron chi connectivity index (χ1n) is 10.6. The molecule has 3 N–H and O–H groups in total. The van der Waals surface area contributed by atoms with Crippen LogP contribution in [0.3, 0.4) is 0 Å². The predicted molar refractivity (Wildman–Crippen MR) is 127 cm³/mol. The van der Waals surface area contributed by atoms with Crippen LogP contribution < -0.4 is 10.6 Å². The number of hydrogen-bond donors (Lipinski definition) is 3. The van der Waals surface area contributed by atoms with E-state index in [-0.39, 0.29) is 46.1 Å². The molecule has 1 aliphatic heterocycles. The zero-order valence-electron chi connectivity index (χ0n) is 19.2. The van der Waals surface area contributed by atoms with E-state index < -0.39 is 39.5 Å². The number of carbonyl (C=O) groups excluding carboxylic acids is 1. The number of nitrogens with zero attached hydrogens (tertiary/aromatic N) is 2. The number of nitrogens with one attached hydrogen (secondary N) is 2. The molecule has 1 aromatic heterocycles. The standard InChI is InChI=1S/C22H25F3N4O4S2/c1-21(2,3)17-11-14(19(30)29-6-8-35(32,33)9-7-29)18(34-17)28-20(31)27-16-5-4-13(12-26)10-15(16)22(23,24)25/h4-5,10-11,20,27-28,31H,6-9H2,1-3H3. The number of aliphatic hydroxyl groups excluding tert-OH is 1. The average molecular weight is 531 g/mol. The third-order valence-electron chi connectivity index (χ3n) is 5.35. The number of nitriles is 1. The van der Waals surface area contributed by atoms with Crippen molar-refractivity contribution in [2.45, 2.75) is 38.7 Å². The Hall–Kier alpha value is -2.82. The third-order valence-corrected chi connectivity index (χ3v) is 8.45. The third kappa shape index (κ3) is 6.45. The van der Waals surface area contributed by atoms with Crippen LogP contribution >= 0.6 is 11.3 Å². The van der Waals surface area contributed by atoms with E-state index in [1.165, 1.54) is 22.3 Å². The Morgan fingerprint density at radius 3 is 2.34 bits per heavy atom. The second kappa shape index (κ2) is 9.67. The van der Waals surface area contributed by atoms with E-state index in [0.29, 0.717) is 6.07 Å². The summed E-state index contributed by atoms with van der Waals surface area (Å²) in [5.74, 6) is -0.738. The lowest BCUT2D eigenvalue weighted by molar-refractivity contribution is -0.137. The average Bonchev–Trinajstić information content (AvgIpc) is 3.17. The number of aliphatic hydroxyl groups is 1. The maximum atomic E-state index is 13.5. The number of benzene rings is 1. The van der Waals surface area contributed by atoms with Crippen molar-refractivity contribution in [3.8, 4) is 6.07 Å².